The molecule has 1 aliphatic heterocycles. The number of hydrogen-bond acceptors (Lipinski definition) is 3. The number of nitrogens with one attached hydrogen (secondary N) is 1. The number of piperidine rings is 1. The highest BCUT2D eigenvalue weighted by molar-refractivity contribution is 5.99. The van der Waals surface area contributed by atoms with Crippen molar-refractivity contribution in [2.75, 3.05) is 19.6 Å². The van der Waals surface area contributed by atoms with Crippen LogP contribution in [0.15, 0.2) is 18.2 Å². The predicted molar refractivity (Wildman–Crippen MR) is 89.3 cm³/mol. The van der Waals surface area contributed by atoms with Crippen molar-refractivity contribution in [3.05, 3.63) is 29.6 Å². The van der Waals surface area contributed by atoms with Crippen LogP contribution in [0.25, 0.3) is 11.0 Å². The summed E-state index contributed by atoms with van der Waals surface area (Å²) >= 11 is 0. The maximum Gasteiger partial charge on any atom is 0.164 e. The van der Waals surface area contributed by atoms with Gasteiger partial charge in [0.1, 0.15) is 5.82 Å². The number of H-pyrrole nitrogens is 1. The number of aromatic amines is 1. The number of imidazole rings is 1. The number of aromatic nitrogens is 2. The third kappa shape index (κ3) is 3.55. The highest BCUT2D eigenvalue weighted by atomic mass is 16.1. The lowest BCUT2D eigenvalue weighted by molar-refractivity contribution is 0.0959. The molecule has 1 N–H and O–H groups in total. The molecule has 22 heavy (non-hydrogen) atoms. The molecule has 0 aliphatic carbocycles. The van der Waals surface area contributed by atoms with Crippen molar-refractivity contribution < 1.29 is 4.79 Å². The number of carbonyl (C=O) groups is 1. The van der Waals surface area contributed by atoms with Gasteiger partial charge in [0, 0.05) is 24.9 Å². The first-order valence-corrected chi connectivity index (χ1v) is 8.50. The molecule has 0 saturated carbocycles. The Hall–Kier alpha value is -1.68. The normalized spacial score (nSPS) is 16.2. The maximum absolute atomic E-state index is 12.4. The van der Waals surface area contributed by atoms with Gasteiger partial charge in [-0.2, -0.15) is 0 Å². The zero-order valence-corrected chi connectivity index (χ0v) is 13.4. The third-order valence-electron chi connectivity index (χ3n) is 4.44. The molecular weight excluding hydrogens is 274 g/mol. The molecule has 2 heterocycles. The number of hydrogen-bond donors (Lipinski definition) is 1. The minimum absolute atomic E-state index is 0.235. The number of aryl methyl sites for hydroxylation is 1. The number of ketones is 1. The Morgan fingerprint density at radius 1 is 1.27 bits per heavy atom. The highest BCUT2D eigenvalue weighted by Crippen LogP contribution is 2.16. The Morgan fingerprint density at radius 2 is 2.09 bits per heavy atom. The molecule has 4 nitrogen and oxygen atoms in total. The second-order valence-corrected chi connectivity index (χ2v) is 6.24. The minimum Gasteiger partial charge on any atom is -0.342 e. The third-order valence-corrected chi connectivity index (χ3v) is 4.44. The van der Waals surface area contributed by atoms with E-state index in [0.717, 1.165) is 54.9 Å². The van der Waals surface area contributed by atoms with Crippen molar-refractivity contribution in [2.45, 2.75) is 45.4 Å². The van der Waals surface area contributed by atoms with Crippen LogP contribution in [0.2, 0.25) is 0 Å². The monoisotopic (exact) mass is 299 g/mol. The Kier molecular flexibility index (Phi) is 4.88. The molecule has 1 saturated heterocycles. The molecule has 1 aliphatic rings. The molecule has 0 bridgehead atoms. The van der Waals surface area contributed by atoms with Crippen molar-refractivity contribution in [1.29, 1.82) is 0 Å². The zero-order chi connectivity index (χ0) is 15.4. The Bertz CT molecular complexity index is 641. The summed E-state index contributed by atoms with van der Waals surface area (Å²) in [4.78, 5) is 22.7. The molecule has 4 heteroatoms. The minimum atomic E-state index is 0.235. The van der Waals surface area contributed by atoms with Crippen LogP contribution >= 0.6 is 0 Å². The van der Waals surface area contributed by atoms with E-state index in [1.165, 1.54) is 19.3 Å². The summed E-state index contributed by atoms with van der Waals surface area (Å²) in [5.41, 5.74) is 2.74. The lowest BCUT2D eigenvalue weighted by Crippen LogP contribution is -2.31. The molecule has 1 aromatic carbocycles. The molecule has 0 amide bonds. The predicted octanol–water partition coefficient (Wildman–Crippen LogP) is 3.57. The van der Waals surface area contributed by atoms with Gasteiger partial charge in [-0.15, -0.1) is 0 Å². The van der Waals surface area contributed by atoms with E-state index in [9.17, 15) is 4.79 Å². The first-order valence-electron chi connectivity index (χ1n) is 8.50. The number of nitrogens with zero attached hydrogens (tertiary/aromatic N) is 2. The fraction of sp³-hybridized carbons (Fsp3) is 0.556. The number of fused-ring (bicyclic) bond motifs is 1. The lowest BCUT2D eigenvalue weighted by atomic mass is 10.1. The van der Waals surface area contributed by atoms with Gasteiger partial charge < -0.3 is 9.88 Å². The number of carbonyl (C=O) groups excluding carboxylic acids is 1. The molecule has 0 radical (unpaired) electrons. The quantitative estimate of drug-likeness (QED) is 0.830. The SMILES string of the molecule is CCCc1nc2ccc(C(=O)CCN3CCCCC3)cc2[nH]1. The molecule has 1 fully saturated rings. The first kappa shape index (κ1) is 15.2. The van der Waals surface area contributed by atoms with Crippen molar-refractivity contribution in [3.8, 4) is 0 Å². The first-order chi connectivity index (χ1) is 10.8. The van der Waals surface area contributed by atoms with Crippen LogP contribution in [0.4, 0.5) is 0 Å². The van der Waals surface area contributed by atoms with E-state index in [1.54, 1.807) is 0 Å². The molecule has 3 rings (SSSR count). The van der Waals surface area contributed by atoms with E-state index in [-0.39, 0.29) is 5.78 Å². The average Bonchev–Trinajstić information content (AvgIpc) is 2.95. The summed E-state index contributed by atoms with van der Waals surface area (Å²) in [7, 11) is 0. The van der Waals surface area contributed by atoms with E-state index in [1.807, 2.05) is 18.2 Å². The summed E-state index contributed by atoms with van der Waals surface area (Å²) in [6.45, 7) is 5.32. The van der Waals surface area contributed by atoms with Crippen LogP contribution in [0.3, 0.4) is 0 Å². The Labute approximate surface area is 131 Å². The second-order valence-electron chi connectivity index (χ2n) is 6.24. The van der Waals surface area contributed by atoms with Crippen molar-refractivity contribution >= 4 is 16.8 Å². The van der Waals surface area contributed by atoms with E-state index in [0.29, 0.717) is 6.42 Å². The van der Waals surface area contributed by atoms with Crippen LogP contribution in [0.1, 0.15) is 55.2 Å². The van der Waals surface area contributed by atoms with Gasteiger partial charge in [0.25, 0.3) is 0 Å². The average molecular weight is 299 g/mol. The fourth-order valence-corrected chi connectivity index (χ4v) is 3.18. The van der Waals surface area contributed by atoms with Gasteiger partial charge in [-0.25, -0.2) is 4.98 Å². The van der Waals surface area contributed by atoms with E-state index < -0.39 is 0 Å². The van der Waals surface area contributed by atoms with Gasteiger partial charge in [0.05, 0.1) is 11.0 Å². The largest absolute Gasteiger partial charge is 0.342 e. The topological polar surface area (TPSA) is 49.0 Å². The van der Waals surface area contributed by atoms with Gasteiger partial charge in [0.2, 0.25) is 0 Å². The van der Waals surface area contributed by atoms with Gasteiger partial charge in [-0.05, 0) is 50.6 Å². The molecule has 118 valence electrons. The van der Waals surface area contributed by atoms with Crippen LogP contribution in [-0.4, -0.2) is 40.3 Å². The number of likely N-dealkylation sites (tertiary alicyclic amines) is 1. The van der Waals surface area contributed by atoms with Crippen molar-refractivity contribution in [2.24, 2.45) is 0 Å². The van der Waals surface area contributed by atoms with Crippen LogP contribution in [0.5, 0.6) is 0 Å². The number of rotatable bonds is 6. The number of Topliss-reactive ketones (excluding diaryl/α,β-unsaturated/α-hetero) is 1. The molecule has 2 aromatic rings. The summed E-state index contributed by atoms with van der Waals surface area (Å²) in [5, 5.41) is 0. The Balaban J connectivity index is 1.65. The lowest BCUT2D eigenvalue weighted by Gasteiger charge is -2.25. The van der Waals surface area contributed by atoms with Crippen molar-refractivity contribution in [1.82, 2.24) is 14.9 Å². The second kappa shape index (κ2) is 7.05. The van der Waals surface area contributed by atoms with E-state index >= 15 is 0 Å². The van der Waals surface area contributed by atoms with Gasteiger partial charge in [-0.3, -0.25) is 4.79 Å². The maximum atomic E-state index is 12.4. The summed E-state index contributed by atoms with van der Waals surface area (Å²) in [6.07, 6.45) is 6.51. The van der Waals surface area contributed by atoms with E-state index in [2.05, 4.69) is 21.8 Å². The molecule has 0 unspecified atom stereocenters. The molecule has 0 atom stereocenters. The smallest absolute Gasteiger partial charge is 0.164 e. The summed E-state index contributed by atoms with van der Waals surface area (Å²) in [5.74, 6) is 1.24. The van der Waals surface area contributed by atoms with Gasteiger partial charge in [-0.1, -0.05) is 13.3 Å². The van der Waals surface area contributed by atoms with Crippen LogP contribution in [0, 0.1) is 0 Å². The Morgan fingerprint density at radius 3 is 2.86 bits per heavy atom. The fourth-order valence-electron chi connectivity index (χ4n) is 3.18. The molecule has 0 spiro atoms. The van der Waals surface area contributed by atoms with Crippen molar-refractivity contribution in [3.63, 3.8) is 0 Å². The van der Waals surface area contributed by atoms with Crippen LogP contribution in [-0.2, 0) is 6.42 Å². The highest BCUT2D eigenvalue weighted by Gasteiger charge is 2.13. The molecular formula is C18H25N3O. The zero-order valence-electron chi connectivity index (χ0n) is 13.4. The number of benzene rings is 1. The van der Waals surface area contributed by atoms with Gasteiger partial charge >= 0.3 is 0 Å². The van der Waals surface area contributed by atoms with Crippen LogP contribution < -0.4 is 0 Å². The van der Waals surface area contributed by atoms with E-state index in [4.69, 9.17) is 0 Å². The van der Waals surface area contributed by atoms with Gasteiger partial charge in [0.15, 0.2) is 5.78 Å². The summed E-state index contributed by atoms with van der Waals surface area (Å²) < 4.78 is 0. The summed E-state index contributed by atoms with van der Waals surface area (Å²) in [6, 6.07) is 5.83. The standard InChI is InChI=1S/C18H25N3O/c1-2-6-18-19-15-8-7-14(13-16(15)20-18)17(22)9-12-21-10-4-3-5-11-21/h7-8,13H,2-6,9-12H2,1H3,(H,19,20). The molecule has 1 aromatic heterocycles.